The molecular weight excluding hydrogens is 381 g/mol. The topological polar surface area (TPSA) is 29.1 Å². The van der Waals surface area contributed by atoms with E-state index in [9.17, 15) is 4.79 Å². The minimum atomic E-state index is -0.0219. The van der Waals surface area contributed by atoms with Gasteiger partial charge in [0.25, 0.3) is 0 Å². The summed E-state index contributed by atoms with van der Waals surface area (Å²) in [5.41, 5.74) is 3.38. The predicted octanol–water partition coefficient (Wildman–Crippen LogP) is 4.26. The number of aryl methyl sites for hydroxylation is 1. The number of nitrogens with one attached hydrogen (secondary N) is 1. The first-order valence-corrected chi connectivity index (χ1v) is 8.41. The van der Waals surface area contributed by atoms with Crippen molar-refractivity contribution in [1.29, 1.82) is 0 Å². The number of hydrogen-bond donors (Lipinski definition) is 1. The van der Waals surface area contributed by atoms with Gasteiger partial charge in [-0.2, -0.15) is 0 Å². The fourth-order valence-electron chi connectivity index (χ4n) is 2.22. The van der Waals surface area contributed by atoms with E-state index < -0.39 is 0 Å². The molecule has 2 aromatic rings. The number of halogens is 1. The maximum Gasteiger partial charge on any atom is 0.238 e. The molecule has 1 aliphatic rings. The van der Waals surface area contributed by atoms with Crippen LogP contribution in [0.15, 0.2) is 47.4 Å². The highest BCUT2D eigenvalue weighted by molar-refractivity contribution is 14.1. The van der Waals surface area contributed by atoms with Gasteiger partial charge >= 0.3 is 0 Å². The van der Waals surface area contributed by atoms with Gasteiger partial charge in [0.1, 0.15) is 0 Å². The molecule has 0 saturated carbocycles. The Bertz CT molecular complexity index is 646. The number of anilines is 1. The van der Waals surface area contributed by atoms with Crippen molar-refractivity contribution >= 4 is 45.9 Å². The van der Waals surface area contributed by atoms with Crippen LogP contribution < -0.4 is 5.32 Å². The molecule has 102 valence electrons. The predicted molar refractivity (Wildman–Crippen MR) is 92.3 cm³/mol. The quantitative estimate of drug-likeness (QED) is 0.771. The summed E-state index contributed by atoms with van der Waals surface area (Å²) in [7, 11) is 0. The van der Waals surface area contributed by atoms with Crippen LogP contribution >= 0.6 is 34.4 Å². The van der Waals surface area contributed by atoms with Crippen LogP contribution in [0.25, 0.3) is 0 Å². The second-order valence-corrected chi connectivity index (χ2v) is 7.28. The third-order valence-electron chi connectivity index (χ3n) is 3.38. The number of amides is 1. The fraction of sp³-hybridized carbons (Fsp3) is 0.188. The summed E-state index contributed by atoms with van der Waals surface area (Å²) in [6, 6.07) is 14.2. The molecule has 20 heavy (non-hydrogen) atoms. The van der Waals surface area contributed by atoms with E-state index in [2.05, 4.69) is 47.0 Å². The third-order valence-corrected chi connectivity index (χ3v) is 5.86. The first-order valence-electron chi connectivity index (χ1n) is 6.45. The third kappa shape index (κ3) is 2.86. The van der Waals surface area contributed by atoms with Gasteiger partial charge in [0.2, 0.25) is 5.91 Å². The molecular formula is C16H14INOS. The van der Waals surface area contributed by atoms with Crippen molar-refractivity contribution in [3.05, 3.63) is 57.2 Å². The lowest BCUT2D eigenvalue weighted by molar-refractivity contribution is -0.115. The Kier molecular flexibility index (Phi) is 4.03. The Balaban J connectivity index is 1.71. The molecule has 0 aliphatic carbocycles. The summed E-state index contributed by atoms with van der Waals surface area (Å²) in [5.74, 6) is 0.0888. The molecule has 2 nitrogen and oxygen atoms in total. The molecule has 0 saturated heterocycles. The van der Waals surface area contributed by atoms with E-state index in [1.807, 2.05) is 30.3 Å². The Labute approximate surface area is 136 Å². The molecule has 1 amide bonds. The number of fused-ring (bicyclic) bond motifs is 1. The monoisotopic (exact) mass is 395 g/mol. The zero-order valence-corrected chi connectivity index (χ0v) is 14.0. The summed E-state index contributed by atoms with van der Waals surface area (Å²) < 4.78 is 1.17. The maximum atomic E-state index is 12.3. The molecule has 0 fully saturated rings. The van der Waals surface area contributed by atoms with Crippen molar-refractivity contribution in [3.63, 3.8) is 0 Å². The van der Waals surface area contributed by atoms with E-state index in [-0.39, 0.29) is 11.2 Å². The normalized spacial score (nSPS) is 16.8. The lowest BCUT2D eigenvalue weighted by Crippen LogP contribution is -2.24. The van der Waals surface area contributed by atoms with Crippen molar-refractivity contribution in [1.82, 2.24) is 0 Å². The maximum absolute atomic E-state index is 12.3. The number of thioether (sulfide) groups is 1. The Hall–Kier alpha value is -1.01. The molecule has 3 rings (SSSR count). The summed E-state index contributed by atoms with van der Waals surface area (Å²) in [4.78, 5) is 13.6. The van der Waals surface area contributed by atoms with Gasteiger partial charge in [-0.1, -0.05) is 24.3 Å². The average molecular weight is 395 g/mol. The Morgan fingerprint density at radius 1 is 1.30 bits per heavy atom. The lowest BCUT2D eigenvalue weighted by Gasteiger charge is -2.11. The summed E-state index contributed by atoms with van der Waals surface area (Å²) in [5, 5.41) is 3.00. The van der Waals surface area contributed by atoms with E-state index in [1.54, 1.807) is 11.8 Å². The molecule has 4 heteroatoms. The second-order valence-electron chi connectivity index (χ2n) is 4.87. The molecule has 0 aromatic heterocycles. The van der Waals surface area contributed by atoms with E-state index in [0.717, 1.165) is 12.1 Å². The van der Waals surface area contributed by atoms with Gasteiger partial charge in [-0.05, 0) is 65.3 Å². The van der Waals surface area contributed by atoms with Gasteiger partial charge in [0.05, 0.1) is 5.25 Å². The van der Waals surface area contributed by atoms with Gasteiger partial charge in [-0.15, -0.1) is 11.8 Å². The smallest absolute Gasteiger partial charge is 0.238 e. The standard InChI is InChI=1S/C16H14INOS/c1-10-6-7-12(9-13(10)17)18-16(19)15-8-11-4-2-3-5-14(11)20-15/h2-7,9,15H,8H2,1H3,(H,18,19). The van der Waals surface area contributed by atoms with Gasteiger partial charge in [-0.3, -0.25) is 4.79 Å². The minimum Gasteiger partial charge on any atom is -0.325 e. The highest BCUT2D eigenvalue weighted by Gasteiger charge is 2.27. The fourth-order valence-corrected chi connectivity index (χ4v) is 3.93. The number of benzene rings is 2. The van der Waals surface area contributed by atoms with Crippen molar-refractivity contribution < 1.29 is 4.79 Å². The van der Waals surface area contributed by atoms with Crippen LogP contribution in [0.3, 0.4) is 0 Å². The van der Waals surface area contributed by atoms with E-state index in [1.165, 1.54) is 19.6 Å². The van der Waals surface area contributed by atoms with Crippen LogP contribution in [0.5, 0.6) is 0 Å². The molecule has 1 atom stereocenters. The molecule has 0 bridgehead atoms. The van der Waals surface area contributed by atoms with Crippen LogP contribution in [0.2, 0.25) is 0 Å². The SMILES string of the molecule is Cc1ccc(NC(=O)C2Cc3ccccc3S2)cc1I. The second kappa shape index (κ2) is 5.77. The van der Waals surface area contributed by atoms with Gasteiger partial charge < -0.3 is 5.32 Å². The van der Waals surface area contributed by atoms with Gasteiger partial charge in [0.15, 0.2) is 0 Å². The molecule has 1 aliphatic heterocycles. The molecule has 0 radical (unpaired) electrons. The lowest BCUT2D eigenvalue weighted by atomic mass is 10.1. The van der Waals surface area contributed by atoms with E-state index in [4.69, 9.17) is 0 Å². The molecule has 1 N–H and O–H groups in total. The molecule has 1 unspecified atom stereocenters. The van der Waals surface area contributed by atoms with Crippen LogP contribution in [-0.2, 0) is 11.2 Å². The first-order chi connectivity index (χ1) is 9.63. The van der Waals surface area contributed by atoms with Crippen molar-refractivity contribution in [3.8, 4) is 0 Å². The van der Waals surface area contributed by atoms with Crippen LogP contribution in [0, 0.1) is 10.5 Å². The molecule has 0 spiro atoms. The number of carbonyl (C=O) groups excluding carboxylic acids is 1. The largest absolute Gasteiger partial charge is 0.325 e. The van der Waals surface area contributed by atoms with Crippen LogP contribution in [-0.4, -0.2) is 11.2 Å². The number of rotatable bonds is 2. The van der Waals surface area contributed by atoms with Crippen molar-refractivity contribution in [2.75, 3.05) is 5.32 Å². The number of hydrogen-bond acceptors (Lipinski definition) is 2. The van der Waals surface area contributed by atoms with Gasteiger partial charge in [0, 0.05) is 14.2 Å². The Morgan fingerprint density at radius 2 is 2.10 bits per heavy atom. The Morgan fingerprint density at radius 3 is 2.85 bits per heavy atom. The summed E-state index contributed by atoms with van der Waals surface area (Å²) in [6.45, 7) is 2.07. The van der Waals surface area contributed by atoms with Crippen LogP contribution in [0.4, 0.5) is 5.69 Å². The van der Waals surface area contributed by atoms with Crippen molar-refractivity contribution in [2.45, 2.75) is 23.5 Å². The number of carbonyl (C=O) groups is 1. The zero-order chi connectivity index (χ0) is 14.1. The molecule has 1 heterocycles. The van der Waals surface area contributed by atoms with E-state index in [0.29, 0.717) is 0 Å². The average Bonchev–Trinajstić information content (AvgIpc) is 2.87. The molecule has 2 aromatic carbocycles. The summed E-state index contributed by atoms with van der Waals surface area (Å²) >= 11 is 3.95. The zero-order valence-electron chi connectivity index (χ0n) is 11.0. The highest BCUT2D eigenvalue weighted by Crippen LogP contribution is 2.37. The van der Waals surface area contributed by atoms with Crippen LogP contribution in [0.1, 0.15) is 11.1 Å². The highest BCUT2D eigenvalue weighted by atomic mass is 127. The first kappa shape index (κ1) is 13.9. The van der Waals surface area contributed by atoms with E-state index >= 15 is 0 Å². The van der Waals surface area contributed by atoms with Gasteiger partial charge in [-0.25, -0.2) is 0 Å². The minimum absolute atomic E-state index is 0.0219. The summed E-state index contributed by atoms with van der Waals surface area (Å²) in [6.07, 6.45) is 0.815. The van der Waals surface area contributed by atoms with Crippen molar-refractivity contribution in [2.24, 2.45) is 0 Å².